The average molecular weight is 255 g/mol. The van der Waals surface area contributed by atoms with Crippen LogP contribution in [0.4, 0.5) is 4.39 Å². The van der Waals surface area contributed by atoms with Gasteiger partial charge >= 0.3 is 0 Å². The maximum atomic E-state index is 13.6. The van der Waals surface area contributed by atoms with E-state index in [1.54, 1.807) is 13.0 Å². The minimum Gasteiger partial charge on any atom is -0.493 e. The van der Waals surface area contributed by atoms with Gasteiger partial charge in [-0.1, -0.05) is 6.92 Å². The van der Waals surface area contributed by atoms with Gasteiger partial charge in [-0.2, -0.15) is 0 Å². The molecule has 1 atom stereocenters. The minimum absolute atomic E-state index is 0.0363. The Bertz CT molecular complexity index is 382. The Morgan fingerprint density at radius 2 is 2.17 bits per heavy atom. The van der Waals surface area contributed by atoms with E-state index in [0.29, 0.717) is 24.3 Å². The van der Waals surface area contributed by atoms with Crippen LogP contribution in [0.5, 0.6) is 5.75 Å². The van der Waals surface area contributed by atoms with Crippen LogP contribution in [0.2, 0.25) is 0 Å². The van der Waals surface area contributed by atoms with Gasteiger partial charge in [-0.25, -0.2) is 4.39 Å². The molecule has 3 nitrogen and oxygen atoms in total. The number of aryl methyl sites for hydroxylation is 1. The van der Waals surface area contributed by atoms with Gasteiger partial charge < -0.3 is 15.2 Å². The monoisotopic (exact) mass is 255 g/mol. The SMILES string of the molecule is CCNC(C)c1cc(F)c(C)cc1OCCCO. The number of hydrogen-bond acceptors (Lipinski definition) is 3. The zero-order valence-corrected chi connectivity index (χ0v) is 11.3. The fourth-order valence-electron chi connectivity index (χ4n) is 1.80. The number of aliphatic hydroxyl groups excluding tert-OH is 1. The quantitative estimate of drug-likeness (QED) is 0.736. The zero-order chi connectivity index (χ0) is 13.5. The highest BCUT2D eigenvalue weighted by Crippen LogP contribution is 2.28. The Labute approximate surface area is 108 Å². The molecular weight excluding hydrogens is 233 g/mol. The highest BCUT2D eigenvalue weighted by molar-refractivity contribution is 5.40. The van der Waals surface area contributed by atoms with Crippen LogP contribution < -0.4 is 10.1 Å². The average Bonchev–Trinajstić information content (AvgIpc) is 2.34. The molecule has 0 saturated carbocycles. The lowest BCUT2D eigenvalue weighted by atomic mass is 10.0. The summed E-state index contributed by atoms with van der Waals surface area (Å²) in [6.45, 7) is 7.05. The van der Waals surface area contributed by atoms with Crippen molar-refractivity contribution in [2.45, 2.75) is 33.2 Å². The van der Waals surface area contributed by atoms with Gasteiger partial charge in [0.25, 0.3) is 0 Å². The van der Waals surface area contributed by atoms with Gasteiger partial charge in [0.15, 0.2) is 0 Å². The molecule has 4 heteroatoms. The summed E-state index contributed by atoms with van der Waals surface area (Å²) in [7, 11) is 0. The topological polar surface area (TPSA) is 41.5 Å². The van der Waals surface area contributed by atoms with Crippen LogP contribution in [0.25, 0.3) is 0 Å². The van der Waals surface area contributed by atoms with Crippen LogP contribution in [0.1, 0.15) is 37.4 Å². The number of ether oxygens (including phenoxy) is 1. The van der Waals surface area contributed by atoms with Gasteiger partial charge in [0.1, 0.15) is 11.6 Å². The van der Waals surface area contributed by atoms with E-state index >= 15 is 0 Å². The van der Waals surface area contributed by atoms with E-state index in [9.17, 15) is 4.39 Å². The van der Waals surface area contributed by atoms with Crippen molar-refractivity contribution in [3.8, 4) is 5.75 Å². The lowest BCUT2D eigenvalue weighted by Crippen LogP contribution is -2.19. The summed E-state index contributed by atoms with van der Waals surface area (Å²) in [6, 6.07) is 3.28. The lowest BCUT2D eigenvalue weighted by molar-refractivity contribution is 0.231. The molecule has 0 spiro atoms. The molecule has 1 unspecified atom stereocenters. The number of nitrogens with one attached hydrogen (secondary N) is 1. The summed E-state index contributed by atoms with van der Waals surface area (Å²) in [5.74, 6) is 0.472. The molecular formula is C14H22FNO2. The summed E-state index contributed by atoms with van der Waals surface area (Å²) < 4.78 is 19.2. The molecule has 0 aliphatic carbocycles. The van der Waals surface area contributed by atoms with Crippen LogP contribution in [-0.2, 0) is 0 Å². The minimum atomic E-state index is -0.218. The van der Waals surface area contributed by atoms with E-state index in [4.69, 9.17) is 9.84 Å². The Kier molecular flexibility index (Phi) is 6.09. The van der Waals surface area contributed by atoms with E-state index < -0.39 is 0 Å². The molecule has 1 aromatic carbocycles. The van der Waals surface area contributed by atoms with E-state index in [2.05, 4.69) is 5.32 Å². The molecule has 0 aromatic heterocycles. The van der Waals surface area contributed by atoms with Crippen molar-refractivity contribution in [3.63, 3.8) is 0 Å². The molecule has 18 heavy (non-hydrogen) atoms. The normalized spacial score (nSPS) is 12.5. The third-order valence-corrected chi connectivity index (χ3v) is 2.83. The second-order valence-electron chi connectivity index (χ2n) is 4.34. The summed E-state index contributed by atoms with van der Waals surface area (Å²) >= 11 is 0. The first kappa shape index (κ1) is 14.9. The van der Waals surface area contributed by atoms with Crippen molar-refractivity contribution in [1.29, 1.82) is 0 Å². The fraction of sp³-hybridized carbons (Fsp3) is 0.571. The molecule has 0 fully saturated rings. The summed E-state index contributed by atoms with van der Waals surface area (Å²) in [5.41, 5.74) is 1.39. The second kappa shape index (κ2) is 7.34. The molecule has 2 N–H and O–H groups in total. The smallest absolute Gasteiger partial charge is 0.126 e. The van der Waals surface area contributed by atoms with Gasteiger partial charge in [0, 0.05) is 24.6 Å². The predicted molar refractivity (Wildman–Crippen MR) is 70.4 cm³/mol. The number of halogens is 1. The molecule has 0 saturated heterocycles. The molecule has 0 amide bonds. The van der Waals surface area contributed by atoms with Crippen LogP contribution in [0.3, 0.4) is 0 Å². The molecule has 0 radical (unpaired) electrons. The van der Waals surface area contributed by atoms with E-state index in [0.717, 1.165) is 12.1 Å². The standard InChI is InChI=1S/C14H22FNO2/c1-4-16-11(3)12-9-13(15)10(2)8-14(12)18-7-5-6-17/h8-9,11,16-17H,4-7H2,1-3H3. The summed E-state index contributed by atoms with van der Waals surface area (Å²) in [5, 5.41) is 12.0. The fourth-order valence-corrected chi connectivity index (χ4v) is 1.80. The van der Waals surface area contributed by atoms with Crippen molar-refractivity contribution in [1.82, 2.24) is 5.32 Å². The van der Waals surface area contributed by atoms with Crippen molar-refractivity contribution >= 4 is 0 Å². The Balaban J connectivity index is 2.93. The Morgan fingerprint density at radius 1 is 1.44 bits per heavy atom. The highest BCUT2D eigenvalue weighted by atomic mass is 19.1. The van der Waals surface area contributed by atoms with E-state index in [1.165, 1.54) is 6.07 Å². The first-order chi connectivity index (χ1) is 8.60. The van der Waals surface area contributed by atoms with Gasteiger partial charge in [-0.3, -0.25) is 0 Å². The maximum absolute atomic E-state index is 13.6. The van der Waals surface area contributed by atoms with E-state index in [1.807, 2.05) is 13.8 Å². The van der Waals surface area contributed by atoms with Gasteiger partial charge in [-0.15, -0.1) is 0 Å². The largest absolute Gasteiger partial charge is 0.493 e. The van der Waals surface area contributed by atoms with Crippen LogP contribution in [0, 0.1) is 12.7 Å². The molecule has 102 valence electrons. The molecule has 0 bridgehead atoms. The Morgan fingerprint density at radius 3 is 2.78 bits per heavy atom. The third kappa shape index (κ3) is 3.96. The van der Waals surface area contributed by atoms with Crippen molar-refractivity contribution in [3.05, 3.63) is 29.1 Å². The third-order valence-electron chi connectivity index (χ3n) is 2.83. The van der Waals surface area contributed by atoms with Crippen LogP contribution in [0.15, 0.2) is 12.1 Å². The number of hydrogen-bond donors (Lipinski definition) is 2. The van der Waals surface area contributed by atoms with Crippen molar-refractivity contribution < 1.29 is 14.2 Å². The molecule has 1 rings (SSSR count). The molecule has 0 aliphatic heterocycles. The van der Waals surface area contributed by atoms with Crippen LogP contribution >= 0.6 is 0 Å². The first-order valence-electron chi connectivity index (χ1n) is 6.37. The van der Waals surface area contributed by atoms with Crippen LogP contribution in [-0.4, -0.2) is 24.9 Å². The predicted octanol–water partition coefficient (Wildman–Crippen LogP) is 2.57. The number of aliphatic hydroxyl groups is 1. The van der Waals surface area contributed by atoms with Crippen molar-refractivity contribution in [2.75, 3.05) is 19.8 Å². The summed E-state index contributed by atoms with van der Waals surface area (Å²) in [4.78, 5) is 0. The highest BCUT2D eigenvalue weighted by Gasteiger charge is 2.14. The second-order valence-corrected chi connectivity index (χ2v) is 4.34. The zero-order valence-electron chi connectivity index (χ0n) is 11.3. The maximum Gasteiger partial charge on any atom is 0.126 e. The first-order valence-corrected chi connectivity index (χ1v) is 6.37. The van der Waals surface area contributed by atoms with Gasteiger partial charge in [0.05, 0.1) is 6.61 Å². The lowest BCUT2D eigenvalue weighted by Gasteiger charge is -2.18. The number of rotatable bonds is 7. The number of benzene rings is 1. The molecule has 0 aliphatic rings. The van der Waals surface area contributed by atoms with Gasteiger partial charge in [-0.05, 0) is 38.1 Å². The van der Waals surface area contributed by atoms with E-state index in [-0.39, 0.29) is 18.5 Å². The molecule has 1 aromatic rings. The summed E-state index contributed by atoms with van der Waals surface area (Å²) in [6.07, 6.45) is 0.575. The Hall–Kier alpha value is -1.13. The molecule has 0 heterocycles. The van der Waals surface area contributed by atoms with Crippen molar-refractivity contribution in [2.24, 2.45) is 0 Å². The van der Waals surface area contributed by atoms with Gasteiger partial charge in [0.2, 0.25) is 0 Å².